The second-order valence-corrected chi connectivity index (χ2v) is 7.80. The number of nitrogens with zero attached hydrogens (tertiary/aromatic N) is 2. The largest absolute Gasteiger partial charge is 0.484 e. The first-order chi connectivity index (χ1) is 12.9. The van der Waals surface area contributed by atoms with Gasteiger partial charge in [-0.2, -0.15) is 0 Å². The average molecular weight is 382 g/mol. The van der Waals surface area contributed by atoms with Gasteiger partial charge in [-0.05, 0) is 57.0 Å². The minimum Gasteiger partial charge on any atom is -0.484 e. The molecule has 2 aromatic carbocycles. The Labute approximate surface area is 163 Å². The van der Waals surface area contributed by atoms with E-state index in [1.165, 1.54) is 11.8 Å². The second-order valence-electron chi connectivity index (χ2n) is 6.51. The molecule has 5 nitrogen and oxygen atoms in total. The highest BCUT2D eigenvalue weighted by Gasteiger charge is 2.21. The van der Waals surface area contributed by atoms with E-state index in [9.17, 15) is 4.79 Å². The summed E-state index contributed by atoms with van der Waals surface area (Å²) in [6.45, 7) is 7.96. The van der Waals surface area contributed by atoms with Crippen LogP contribution in [0.5, 0.6) is 5.75 Å². The number of thioether (sulfide) groups is 1. The summed E-state index contributed by atoms with van der Waals surface area (Å²) in [6.07, 6.45) is 0. The van der Waals surface area contributed by atoms with Crippen molar-refractivity contribution in [1.82, 2.24) is 10.2 Å². The maximum absolute atomic E-state index is 12.7. The van der Waals surface area contributed by atoms with Crippen LogP contribution in [0.3, 0.4) is 0 Å². The molecule has 0 saturated carbocycles. The van der Waals surface area contributed by atoms with Crippen molar-refractivity contribution in [2.75, 3.05) is 0 Å². The molecule has 0 aliphatic heterocycles. The molecule has 3 rings (SSSR count). The van der Waals surface area contributed by atoms with E-state index < -0.39 is 0 Å². The summed E-state index contributed by atoms with van der Waals surface area (Å²) in [4.78, 5) is 12.7. The van der Waals surface area contributed by atoms with Gasteiger partial charge in [0.15, 0.2) is 12.4 Å². The number of ether oxygens (including phenoxy) is 1. The summed E-state index contributed by atoms with van der Waals surface area (Å²) in [5.74, 6) is 1.18. The molecule has 0 fully saturated rings. The topological polar surface area (TPSA) is 65.2 Å². The van der Waals surface area contributed by atoms with Gasteiger partial charge in [0.25, 0.3) is 11.1 Å². The van der Waals surface area contributed by atoms with E-state index >= 15 is 0 Å². The standard InChI is InChI=1S/C21H22N2O3S/c1-13-6-5-7-17(10-13)25-12-19-22-23-21(26-19)27-16(4)20(24)18-11-14(2)8-9-15(18)3/h5-11,16H,12H2,1-4H3. The van der Waals surface area contributed by atoms with Crippen molar-refractivity contribution in [2.24, 2.45) is 0 Å². The number of hydrogen-bond donors (Lipinski definition) is 0. The van der Waals surface area contributed by atoms with Crippen LogP contribution in [0.25, 0.3) is 0 Å². The SMILES string of the molecule is Cc1cccc(OCc2nnc(SC(C)C(=O)c3cc(C)ccc3C)o2)c1. The van der Waals surface area contributed by atoms with Crippen LogP contribution in [-0.4, -0.2) is 21.2 Å². The van der Waals surface area contributed by atoms with E-state index in [1.54, 1.807) is 0 Å². The number of ketones is 1. The lowest BCUT2D eigenvalue weighted by Crippen LogP contribution is -2.15. The van der Waals surface area contributed by atoms with E-state index in [0.29, 0.717) is 11.1 Å². The number of hydrogen-bond acceptors (Lipinski definition) is 6. The van der Waals surface area contributed by atoms with Crippen molar-refractivity contribution >= 4 is 17.5 Å². The molecular weight excluding hydrogens is 360 g/mol. The van der Waals surface area contributed by atoms with Gasteiger partial charge in [-0.1, -0.05) is 41.6 Å². The fraction of sp³-hybridized carbons (Fsp3) is 0.286. The number of aromatic nitrogens is 2. The number of carbonyl (C=O) groups excluding carboxylic acids is 1. The number of Topliss-reactive ketones (excluding diaryl/α,β-unsaturated/α-hetero) is 1. The highest BCUT2D eigenvalue weighted by atomic mass is 32.2. The van der Waals surface area contributed by atoms with Gasteiger partial charge in [0.05, 0.1) is 5.25 Å². The number of carbonyl (C=O) groups is 1. The van der Waals surface area contributed by atoms with Gasteiger partial charge in [0, 0.05) is 5.56 Å². The van der Waals surface area contributed by atoms with Crippen LogP contribution in [0.2, 0.25) is 0 Å². The van der Waals surface area contributed by atoms with Crippen molar-refractivity contribution in [3.05, 3.63) is 70.6 Å². The molecule has 0 bridgehead atoms. The third kappa shape index (κ3) is 4.98. The Morgan fingerprint density at radius 3 is 2.67 bits per heavy atom. The van der Waals surface area contributed by atoms with E-state index in [2.05, 4.69) is 10.2 Å². The predicted molar refractivity (Wildman–Crippen MR) is 105 cm³/mol. The predicted octanol–water partition coefficient (Wildman–Crippen LogP) is 4.94. The van der Waals surface area contributed by atoms with Crippen molar-refractivity contribution in [1.29, 1.82) is 0 Å². The molecule has 1 heterocycles. The first-order valence-corrected chi connectivity index (χ1v) is 9.60. The van der Waals surface area contributed by atoms with Gasteiger partial charge in [-0.25, -0.2) is 0 Å². The number of rotatable bonds is 7. The monoisotopic (exact) mass is 382 g/mol. The molecule has 0 aliphatic carbocycles. The van der Waals surface area contributed by atoms with Crippen molar-refractivity contribution < 1.29 is 13.9 Å². The van der Waals surface area contributed by atoms with Crippen LogP contribution in [0.4, 0.5) is 0 Å². The molecule has 0 radical (unpaired) electrons. The molecule has 0 N–H and O–H groups in total. The molecule has 27 heavy (non-hydrogen) atoms. The molecule has 140 valence electrons. The summed E-state index contributed by atoms with van der Waals surface area (Å²) >= 11 is 1.26. The Kier molecular flexibility index (Phi) is 5.96. The zero-order chi connectivity index (χ0) is 19.4. The molecule has 1 aromatic heterocycles. The summed E-state index contributed by atoms with van der Waals surface area (Å²) in [5.41, 5.74) is 3.89. The lowest BCUT2D eigenvalue weighted by molar-refractivity contribution is 0.0993. The molecular formula is C21H22N2O3S. The fourth-order valence-corrected chi connectivity index (χ4v) is 3.39. The van der Waals surface area contributed by atoms with E-state index in [0.717, 1.165) is 28.0 Å². The second kappa shape index (κ2) is 8.39. The zero-order valence-corrected chi connectivity index (χ0v) is 16.7. The summed E-state index contributed by atoms with van der Waals surface area (Å²) < 4.78 is 11.3. The first-order valence-electron chi connectivity index (χ1n) is 8.72. The Morgan fingerprint density at radius 1 is 1.11 bits per heavy atom. The molecule has 0 saturated heterocycles. The Morgan fingerprint density at radius 2 is 1.89 bits per heavy atom. The highest BCUT2D eigenvalue weighted by molar-refractivity contribution is 8.00. The third-order valence-electron chi connectivity index (χ3n) is 4.11. The van der Waals surface area contributed by atoms with Crippen LogP contribution in [0.15, 0.2) is 52.1 Å². The Hall–Kier alpha value is -2.60. The summed E-state index contributed by atoms with van der Waals surface area (Å²) in [6, 6.07) is 13.6. The molecule has 0 aliphatic rings. The van der Waals surface area contributed by atoms with Crippen LogP contribution >= 0.6 is 11.8 Å². The van der Waals surface area contributed by atoms with Crippen LogP contribution in [0, 0.1) is 20.8 Å². The quantitative estimate of drug-likeness (QED) is 0.426. The van der Waals surface area contributed by atoms with Gasteiger partial charge < -0.3 is 9.15 Å². The van der Waals surface area contributed by atoms with Gasteiger partial charge in [-0.15, -0.1) is 10.2 Å². The van der Waals surface area contributed by atoms with Crippen molar-refractivity contribution in [3.8, 4) is 5.75 Å². The third-order valence-corrected chi connectivity index (χ3v) is 5.04. The highest BCUT2D eigenvalue weighted by Crippen LogP contribution is 2.26. The minimum atomic E-state index is -0.323. The minimum absolute atomic E-state index is 0.0527. The van der Waals surface area contributed by atoms with E-state index in [4.69, 9.17) is 9.15 Å². The fourth-order valence-electron chi connectivity index (χ4n) is 2.62. The lowest BCUT2D eigenvalue weighted by Gasteiger charge is -2.10. The molecule has 3 aromatic rings. The van der Waals surface area contributed by atoms with Crippen LogP contribution in [-0.2, 0) is 6.61 Å². The normalized spacial score (nSPS) is 12.0. The maximum atomic E-state index is 12.7. The maximum Gasteiger partial charge on any atom is 0.277 e. The van der Waals surface area contributed by atoms with Crippen LogP contribution in [0.1, 0.15) is 39.9 Å². The first kappa shape index (κ1) is 19.2. The molecule has 0 amide bonds. The Balaban J connectivity index is 1.61. The molecule has 1 unspecified atom stereocenters. The van der Waals surface area contributed by atoms with E-state index in [-0.39, 0.29) is 17.6 Å². The van der Waals surface area contributed by atoms with Crippen LogP contribution < -0.4 is 4.74 Å². The van der Waals surface area contributed by atoms with Crippen molar-refractivity contribution in [3.63, 3.8) is 0 Å². The van der Waals surface area contributed by atoms with Crippen molar-refractivity contribution in [2.45, 2.75) is 44.8 Å². The summed E-state index contributed by atoms with van der Waals surface area (Å²) in [7, 11) is 0. The lowest BCUT2D eigenvalue weighted by atomic mass is 10.0. The smallest absolute Gasteiger partial charge is 0.277 e. The van der Waals surface area contributed by atoms with Gasteiger partial charge in [-0.3, -0.25) is 4.79 Å². The molecule has 6 heteroatoms. The molecule has 1 atom stereocenters. The van der Waals surface area contributed by atoms with Gasteiger partial charge in [0.2, 0.25) is 0 Å². The Bertz CT molecular complexity index is 952. The molecule has 0 spiro atoms. The number of aryl methyl sites for hydroxylation is 3. The average Bonchev–Trinajstić information content (AvgIpc) is 3.09. The number of benzene rings is 2. The van der Waals surface area contributed by atoms with Gasteiger partial charge >= 0.3 is 0 Å². The summed E-state index contributed by atoms with van der Waals surface area (Å²) in [5, 5.41) is 8.05. The van der Waals surface area contributed by atoms with E-state index in [1.807, 2.05) is 70.2 Å². The van der Waals surface area contributed by atoms with Gasteiger partial charge in [0.1, 0.15) is 5.75 Å². The zero-order valence-electron chi connectivity index (χ0n) is 15.9.